The van der Waals surface area contributed by atoms with Crippen molar-refractivity contribution in [3.05, 3.63) is 18.2 Å². The Morgan fingerprint density at radius 1 is 1.38 bits per heavy atom. The highest BCUT2D eigenvalue weighted by atomic mass is 16.5. The number of rotatable bonds is 5. The first kappa shape index (κ1) is 17.0. The number of nitrogens with one attached hydrogen (secondary N) is 1. The molecule has 0 bridgehead atoms. The van der Waals surface area contributed by atoms with E-state index < -0.39 is 0 Å². The third-order valence-electron chi connectivity index (χ3n) is 5.10. The maximum Gasteiger partial charge on any atom is 0.227 e. The molecule has 1 atom stereocenters. The zero-order valence-corrected chi connectivity index (χ0v) is 14.4. The lowest BCUT2D eigenvalue weighted by atomic mass is 9.89. The maximum absolute atomic E-state index is 12.6. The van der Waals surface area contributed by atoms with E-state index in [4.69, 9.17) is 4.74 Å². The number of nitrogens with zero attached hydrogens (tertiary/aromatic N) is 3. The largest absolute Gasteiger partial charge is 0.381 e. The van der Waals surface area contributed by atoms with Crippen LogP contribution in [-0.2, 0) is 20.9 Å². The molecule has 2 saturated heterocycles. The number of carbonyl (C=O) groups is 2. The Kier molecular flexibility index (Phi) is 5.18. The van der Waals surface area contributed by atoms with E-state index in [1.165, 1.54) is 6.92 Å². The lowest BCUT2D eigenvalue weighted by Crippen LogP contribution is -2.56. The average Bonchev–Trinajstić information content (AvgIpc) is 3.00. The Morgan fingerprint density at radius 2 is 2.08 bits per heavy atom. The SMILES string of the molecule is CCn1ccnc1C(NC(=O)C1CN(C(C)=O)C1)C1CCOCC1. The van der Waals surface area contributed by atoms with E-state index in [2.05, 4.69) is 21.8 Å². The molecule has 2 aliphatic rings. The zero-order chi connectivity index (χ0) is 17.1. The molecular formula is C17H26N4O3. The van der Waals surface area contributed by atoms with Gasteiger partial charge in [0.15, 0.2) is 0 Å². The van der Waals surface area contributed by atoms with E-state index in [9.17, 15) is 9.59 Å². The van der Waals surface area contributed by atoms with Crippen LogP contribution in [0.5, 0.6) is 0 Å². The second kappa shape index (κ2) is 7.34. The molecule has 0 spiro atoms. The quantitative estimate of drug-likeness (QED) is 0.870. The van der Waals surface area contributed by atoms with Gasteiger partial charge >= 0.3 is 0 Å². The number of likely N-dealkylation sites (tertiary alicyclic amines) is 1. The fourth-order valence-electron chi connectivity index (χ4n) is 3.48. The first-order valence-electron chi connectivity index (χ1n) is 8.74. The molecule has 2 aliphatic heterocycles. The van der Waals surface area contributed by atoms with Crippen LogP contribution in [-0.4, -0.2) is 52.6 Å². The highest BCUT2D eigenvalue weighted by Crippen LogP contribution is 2.30. The van der Waals surface area contributed by atoms with Gasteiger partial charge < -0.3 is 19.5 Å². The lowest BCUT2D eigenvalue weighted by molar-refractivity contribution is -0.142. The Hall–Kier alpha value is -1.89. The topological polar surface area (TPSA) is 76.5 Å². The first-order chi connectivity index (χ1) is 11.6. The molecule has 0 saturated carbocycles. The predicted molar refractivity (Wildman–Crippen MR) is 88.1 cm³/mol. The summed E-state index contributed by atoms with van der Waals surface area (Å²) in [7, 11) is 0. The van der Waals surface area contributed by atoms with Gasteiger partial charge in [-0.2, -0.15) is 0 Å². The Morgan fingerprint density at radius 3 is 2.71 bits per heavy atom. The third-order valence-corrected chi connectivity index (χ3v) is 5.10. The minimum absolute atomic E-state index is 0.0228. The van der Waals surface area contributed by atoms with Crippen molar-refractivity contribution in [3.63, 3.8) is 0 Å². The Labute approximate surface area is 142 Å². The summed E-state index contributed by atoms with van der Waals surface area (Å²) >= 11 is 0. The van der Waals surface area contributed by atoms with Crippen molar-refractivity contribution in [2.75, 3.05) is 26.3 Å². The number of aromatic nitrogens is 2. The molecule has 1 N–H and O–H groups in total. The number of carbonyl (C=O) groups excluding carboxylic acids is 2. The van der Waals surface area contributed by atoms with E-state index in [0.717, 1.165) is 38.4 Å². The predicted octanol–water partition coefficient (Wildman–Crippen LogP) is 0.965. The lowest BCUT2D eigenvalue weighted by Gasteiger charge is -2.39. The van der Waals surface area contributed by atoms with Gasteiger partial charge in [0.2, 0.25) is 11.8 Å². The smallest absolute Gasteiger partial charge is 0.227 e. The molecule has 1 unspecified atom stereocenters. The van der Waals surface area contributed by atoms with Crippen LogP contribution in [0, 0.1) is 11.8 Å². The molecule has 0 aromatic carbocycles. The molecule has 0 radical (unpaired) electrons. The van der Waals surface area contributed by atoms with E-state index in [0.29, 0.717) is 19.0 Å². The van der Waals surface area contributed by atoms with Crippen molar-refractivity contribution in [2.45, 2.75) is 39.3 Å². The van der Waals surface area contributed by atoms with E-state index >= 15 is 0 Å². The maximum atomic E-state index is 12.6. The summed E-state index contributed by atoms with van der Waals surface area (Å²) < 4.78 is 7.55. The molecular weight excluding hydrogens is 308 g/mol. The van der Waals surface area contributed by atoms with Crippen LogP contribution in [0.1, 0.15) is 38.6 Å². The fraction of sp³-hybridized carbons (Fsp3) is 0.706. The Bertz CT molecular complexity index is 588. The minimum Gasteiger partial charge on any atom is -0.381 e. The van der Waals surface area contributed by atoms with Gasteiger partial charge in [-0.25, -0.2) is 4.98 Å². The van der Waals surface area contributed by atoms with Crippen LogP contribution in [0.4, 0.5) is 0 Å². The van der Waals surface area contributed by atoms with Crippen molar-refractivity contribution >= 4 is 11.8 Å². The molecule has 2 amide bonds. The van der Waals surface area contributed by atoms with Gasteiger partial charge in [0.05, 0.1) is 12.0 Å². The monoisotopic (exact) mass is 334 g/mol. The van der Waals surface area contributed by atoms with E-state index in [1.807, 2.05) is 6.20 Å². The molecule has 1 aromatic rings. The van der Waals surface area contributed by atoms with E-state index in [-0.39, 0.29) is 23.8 Å². The zero-order valence-electron chi connectivity index (χ0n) is 14.4. The number of aryl methyl sites for hydroxylation is 1. The summed E-state index contributed by atoms with van der Waals surface area (Å²) in [4.78, 5) is 30.1. The molecule has 2 fully saturated rings. The van der Waals surface area contributed by atoms with Crippen LogP contribution in [0.15, 0.2) is 12.4 Å². The number of hydrogen-bond donors (Lipinski definition) is 1. The molecule has 3 heterocycles. The molecule has 0 aliphatic carbocycles. The van der Waals surface area contributed by atoms with Crippen LogP contribution >= 0.6 is 0 Å². The van der Waals surface area contributed by atoms with Gasteiger partial charge in [-0.3, -0.25) is 9.59 Å². The molecule has 7 heteroatoms. The Balaban J connectivity index is 1.70. The number of hydrogen-bond acceptors (Lipinski definition) is 4. The van der Waals surface area contributed by atoms with Gasteiger partial charge in [-0.05, 0) is 25.7 Å². The van der Waals surface area contributed by atoms with Crippen LogP contribution in [0.25, 0.3) is 0 Å². The second-order valence-electron chi connectivity index (χ2n) is 6.63. The van der Waals surface area contributed by atoms with Gasteiger partial charge in [-0.15, -0.1) is 0 Å². The summed E-state index contributed by atoms with van der Waals surface area (Å²) in [5, 5.41) is 3.21. The summed E-state index contributed by atoms with van der Waals surface area (Å²) in [5.74, 6) is 1.19. The highest BCUT2D eigenvalue weighted by molar-refractivity contribution is 5.83. The average molecular weight is 334 g/mol. The fourth-order valence-corrected chi connectivity index (χ4v) is 3.48. The van der Waals surface area contributed by atoms with Crippen molar-refractivity contribution in [1.29, 1.82) is 0 Å². The summed E-state index contributed by atoms with van der Waals surface area (Å²) in [6.45, 7) is 6.93. The number of imidazole rings is 1. The summed E-state index contributed by atoms with van der Waals surface area (Å²) in [6.07, 6.45) is 5.59. The van der Waals surface area contributed by atoms with Crippen LogP contribution < -0.4 is 5.32 Å². The highest BCUT2D eigenvalue weighted by Gasteiger charge is 2.37. The summed E-state index contributed by atoms with van der Waals surface area (Å²) in [6, 6.07) is -0.0947. The van der Waals surface area contributed by atoms with Crippen molar-refractivity contribution in [2.24, 2.45) is 11.8 Å². The van der Waals surface area contributed by atoms with Gasteiger partial charge in [0.1, 0.15) is 5.82 Å². The summed E-state index contributed by atoms with van der Waals surface area (Å²) in [5.41, 5.74) is 0. The first-order valence-corrected chi connectivity index (χ1v) is 8.74. The van der Waals surface area contributed by atoms with Crippen molar-refractivity contribution in [3.8, 4) is 0 Å². The molecule has 7 nitrogen and oxygen atoms in total. The van der Waals surface area contributed by atoms with Gasteiger partial charge in [0, 0.05) is 52.2 Å². The van der Waals surface area contributed by atoms with Crippen molar-refractivity contribution in [1.82, 2.24) is 19.8 Å². The minimum atomic E-state index is -0.110. The number of ether oxygens (including phenoxy) is 1. The van der Waals surface area contributed by atoms with Gasteiger partial charge in [0.25, 0.3) is 0 Å². The van der Waals surface area contributed by atoms with Crippen molar-refractivity contribution < 1.29 is 14.3 Å². The third kappa shape index (κ3) is 3.45. The molecule has 132 valence electrons. The normalized spacial score (nSPS) is 20.5. The molecule has 1 aromatic heterocycles. The standard InChI is InChI=1S/C17H26N4O3/c1-3-20-7-6-18-16(20)15(13-4-8-24-9-5-13)19-17(23)14-10-21(11-14)12(2)22/h6-7,13-15H,3-5,8-11H2,1-2H3,(H,19,23). The van der Waals surface area contributed by atoms with Crippen LogP contribution in [0.3, 0.4) is 0 Å². The van der Waals surface area contributed by atoms with Crippen LogP contribution in [0.2, 0.25) is 0 Å². The molecule has 3 rings (SSSR count). The second-order valence-corrected chi connectivity index (χ2v) is 6.63. The van der Waals surface area contributed by atoms with E-state index in [1.54, 1.807) is 11.1 Å². The molecule has 24 heavy (non-hydrogen) atoms. The number of amides is 2. The van der Waals surface area contributed by atoms with Gasteiger partial charge in [-0.1, -0.05) is 0 Å².